The van der Waals surface area contributed by atoms with Crippen molar-refractivity contribution >= 4 is 24.0 Å². The van der Waals surface area contributed by atoms with Gasteiger partial charge >= 0.3 is 12.2 Å². The number of anilines is 2. The molecule has 0 unspecified atom stereocenters. The van der Waals surface area contributed by atoms with Crippen LogP contribution in [0, 0.1) is 0 Å². The zero-order valence-corrected chi connectivity index (χ0v) is 21.6. The molecule has 4 heterocycles. The second-order valence-corrected chi connectivity index (χ2v) is 9.96. The first-order valence-electron chi connectivity index (χ1n) is 12.9. The van der Waals surface area contributed by atoms with Crippen LogP contribution in [-0.2, 0) is 22.4 Å². The van der Waals surface area contributed by atoms with E-state index >= 15 is 0 Å². The van der Waals surface area contributed by atoms with Crippen LogP contribution >= 0.6 is 0 Å². The number of methoxy groups -OCH3 is 1. The Morgan fingerprint density at radius 2 is 1.68 bits per heavy atom. The number of hydrogen-bond acceptors (Lipinski definition) is 9. The van der Waals surface area contributed by atoms with E-state index < -0.39 is 0 Å². The number of nitrogens with zero attached hydrogens (tertiary/aromatic N) is 6. The van der Waals surface area contributed by atoms with Gasteiger partial charge in [-0.2, -0.15) is 4.98 Å². The molecule has 1 aromatic carbocycles. The first-order valence-corrected chi connectivity index (χ1v) is 12.9. The number of carbonyl (C=O) groups excluding carboxylic acids is 2. The van der Waals surface area contributed by atoms with Crippen LogP contribution in [0.5, 0.6) is 0 Å². The molecule has 2 fully saturated rings. The molecule has 0 aliphatic carbocycles. The largest absolute Gasteiger partial charge is 0.453 e. The second-order valence-electron chi connectivity index (χ2n) is 9.96. The monoisotopic (exact) mass is 509 g/mol. The molecule has 37 heavy (non-hydrogen) atoms. The molecule has 1 aromatic heterocycles. The van der Waals surface area contributed by atoms with Crippen molar-refractivity contribution in [2.75, 3.05) is 70.6 Å². The Bertz CT molecular complexity index is 1140. The molecule has 2 N–H and O–H groups in total. The highest BCUT2D eigenvalue weighted by molar-refractivity contribution is 5.70. The van der Waals surface area contributed by atoms with Gasteiger partial charge in [-0.15, -0.1) is 0 Å². The fourth-order valence-electron chi connectivity index (χ4n) is 5.17. The number of nitrogen functional groups attached to an aromatic ring is 1. The molecule has 3 aliphatic rings. The molecule has 5 rings (SSSR count). The quantitative estimate of drug-likeness (QED) is 0.664. The van der Waals surface area contributed by atoms with E-state index in [9.17, 15) is 9.59 Å². The van der Waals surface area contributed by atoms with E-state index in [2.05, 4.69) is 45.0 Å². The SMILES string of the molecule is COC(=O)N1CCC(OC(=O)N2CCc3ccc(-c4cc(N5CCN(C)CC5)nc(N)n4)cc3C2)CC1. The zero-order chi connectivity index (χ0) is 25.9. The summed E-state index contributed by atoms with van der Waals surface area (Å²) in [6, 6.07) is 8.28. The Balaban J connectivity index is 1.25. The number of fused-ring (bicyclic) bond motifs is 1. The van der Waals surface area contributed by atoms with Crippen molar-refractivity contribution in [1.82, 2.24) is 24.7 Å². The van der Waals surface area contributed by atoms with Crippen LogP contribution < -0.4 is 10.6 Å². The van der Waals surface area contributed by atoms with Gasteiger partial charge in [-0.05, 0) is 30.7 Å². The van der Waals surface area contributed by atoms with E-state index in [1.54, 1.807) is 9.80 Å². The van der Waals surface area contributed by atoms with Gasteiger partial charge < -0.3 is 34.8 Å². The van der Waals surface area contributed by atoms with Gasteiger partial charge in [0.1, 0.15) is 11.9 Å². The lowest BCUT2D eigenvalue weighted by molar-refractivity contribution is 0.0257. The lowest BCUT2D eigenvalue weighted by atomic mass is 9.96. The van der Waals surface area contributed by atoms with Crippen LogP contribution in [0.15, 0.2) is 24.3 Å². The Morgan fingerprint density at radius 3 is 2.41 bits per heavy atom. The van der Waals surface area contributed by atoms with Gasteiger partial charge in [0.15, 0.2) is 0 Å². The molecular weight excluding hydrogens is 474 g/mol. The fraction of sp³-hybridized carbons (Fsp3) is 0.538. The predicted octanol–water partition coefficient (Wildman–Crippen LogP) is 2.20. The standard InChI is InChI=1S/C26H35N7O4/c1-30-11-13-31(14-12-30)23-16-22(28-24(27)29-23)19-4-3-18-5-8-33(17-20(18)15-19)26(35)37-21-6-9-32(10-7-21)25(34)36-2/h3-4,15-16,21H,5-14,17H2,1-2H3,(H2,27,28,29). The van der Waals surface area contributed by atoms with Gasteiger partial charge in [-0.1, -0.05) is 12.1 Å². The number of benzene rings is 1. The first kappa shape index (κ1) is 25.1. The third-order valence-corrected chi connectivity index (χ3v) is 7.47. The summed E-state index contributed by atoms with van der Waals surface area (Å²) in [5.41, 5.74) is 10.1. The Morgan fingerprint density at radius 1 is 0.919 bits per heavy atom. The molecule has 0 atom stereocenters. The molecule has 0 spiro atoms. The second kappa shape index (κ2) is 10.8. The first-order chi connectivity index (χ1) is 17.9. The molecular formula is C26H35N7O4. The Labute approximate surface area is 217 Å². The average Bonchev–Trinajstić information content (AvgIpc) is 2.92. The number of piperidine rings is 1. The van der Waals surface area contributed by atoms with Crippen molar-refractivity contribution in [3.8, 4) is 11.3 Å². The van der Waals surface area contributed by atoms with E-state index in [1.165, 1.54) is 12.7 Å². The van der Waals surface area contributed by atoms with Gasteiger partial charge in [0.25, 0.3) is 0 Å². The highest BCUT2D eigenvalue weighted by Gasteiger charge is 2.29. The van der Waals surface area contributed by atoms with Gasteiger partial charge in [0.05, 0.1) is 12.8 Å². The van der Waals surface area contributed by atoms with Gasteiger partial charge in [-0.25, -0.2) is 14.6 Å². The van der Waals surface area contributed by atoms with Crippen molar-refractivity contribution in [3.05, 3.63) is 35.4 Å². The summed E-state index contributed by atoms with van der Waals surface area (Å²) in [6.07, 6.45) is 1.15. The molecule has 11 nitrogen and oxygen atoms in total. The smallest absolute Gasteiger partial charge is 0.410 e. The van der Waals surface area contributed by atoms with E-state index in [0.717, 1.165) is 55.2 Å². The zero-order valence-electron chi connectivity index (χ0n) is 21.6. The van der Waals surface area contributed by atoms with E-state index in [0.29, 0.717) is 39.0 Å². The summed E-state index contributed by atoms with van der Waals surface area (Å²) >= 11 is 0. The van der Waals surface area contributed by atoms with Crippen molar-refractivity contribution in [3.63, 3.8) is 0 Å². The lowest BCUT2D eigenvalue weighted by Gasteiger charge is -2.34. The van der Waals surface area contributed by atoms with Crippen LogP contribution in [0.2, 0.25) is 0 Å². The van der Waals surface area contributed by atoms with Gasteiger partial charge in [-0.3, -0.25) is 0 Å². The topological polar surface area (TPSA) is 117 Å². The lowest BCUT2D eigenvalue weighted by Crippen LogP contribution is -2.44. The van der Waals surface area contributed by atoms with Crippen molar-refractivity contribution in [2.45, 2.75) is 31.9 Å². The minimum absolute atomic E-state index is 0.196. The maximum Gasteiger partial charge on any atom is 0.410 e. The van der Waals surface area contributed by atoms with Crippen LogP contribution in [0.3, 0.4) is 0 Å². The summed E-state index contributed by atoms with van der Waals surface area (Å²) < 4.78 is 10.6. The molecule has 2 amide bonds. The molecule has 0 saturated carbocycles. The molecule has 11 heteroatoms. The fourth-order valence-corrected chi connectivity index (χ4v) is 5.17. The van der Waals surface area contributed by atoms with E-state index in [4.69, 9.17) is 15.2 Å². The summed E-state index contributed by atoms with van der Waals surface area (Å²) in [4.78, 5) is 41.6. The highest BCUT2D eigenvalue weighted by Crippen LogP contribution is 2.29. The van der Waals surface area contributed by atoms with Crippen molar-refractivity contribution < 1.29 is 19.1 Å². The molecule has 198 valence electrons. The van der Waals surface area contributed by atoms with Gasteiger partial charge in [0.2, 0.25) is 5.95 Å². The normalized spacial score (nSPS) is 18.9. The number of nitrogens with two attached hydrogens (primary N) is 1. The molecule has 0 bridgehead atoms. The van der Waals surface area contributed by atoms with Crippen LogP contribution in [-0.4, -0.2) is 103 Å². The van der Waals surface area contributed by atoms with Crippen LogP contribution in [0.25, 0.3) is 11.3 Å². The molecule has 3 aliphatic heterocycles. The summed E-state index contributed by atoms with van der Waals surface area (Å²) in [7, 11) is 3.50. The number of likely N-dealkylation sites (N-methyl/N-ethyl adjacent to an activating group) is 1. The minimum atomic E-state index is -0.339. The number of likely N-dealkylation sites (tertiary alicyclic amines) is 1. The minimum Gasteiger partial charge on any atom is -0.453 e. The number of piperazine rings is 1. The number of aromatic nitrogens is 2. The maximum atomic E-state index is 12.9. The maximum absolute atomic E-state index is 12.9. The summed E-state index contributed by atoms with van der Waals surface area (Å²) in [6.45, 7) is 5.90. The number of ether oxygens (including phenoxy) is 2. The van der Waals surface area contributed by atoms with Crippen LogP contribution in [0.4, 0.5) is 21.4 Å². The Hall–Kier alpha value is -3.60. The summed E-state index contributed by atoms with van der Waals surface area (Å²) in [5.74, 6) is 1.10. The van der Waals surface area contributed by atoms with Crippen LogP contribution in [0.1, 0.15) is 24.0 Å². The van der Waals surface area contributed by atoms with Gasteiger partial charge in [0, 0.05) is 76.8 Å². The van der Waals surface area contributed by atoms with E-state index in [1.807, 2.05) is 6.07 Å². The third-order valence-electron chi connectivity index (χ3n) is 7.47. The molecule has 2 saturated heterocycles. The average molecular weight is 510 g/mol. The third kappa shape index (κ3) is 5.71. The Kier molecular flexibility index (Phi) is 7.31. The number of rotatable bonds is 3. The number of amides is 2. The highest BCUT2D eigenvalue weighted by atomic mass is 16.6. The summed E-state index contributed by atoms with van der Waals surface area (Å²) in [5, 5.41) is 0. The van der Waals surface area contributed by atoms with Crippen molar-refractivity contribution in [2.24, 2.45) is 0 Å². The predicted molar refractivity (Wildman–Crippen MR) is 139 cm³/mol. The number of hydrogen-bond donors (Lipinski definition) is 1. The van der Waals surface area contributed by atoms with E-state index in [-0.39, 0.29) is 24.2 Å². The van der Waals surface area contributed by atoms with Crippen molar-refractivity contribution in [1.29, 1.82) is 0 Å². The number of carbonyl (C=O) groups is 2. The molecule has 0 radical (unpaired) electrons. The molecule has 2 aromatic rings.